The van der Waals surface area contributed by atoms with Gasteiger partial charge in [0, 0.05) is 30.7 Å². The molecular weight excluding hydrogens is 607 g/mol. The summed E-state index contributed by atoms with van der Waals surface area (Å²) in [5.74, 6) is -2.36. The number of halogens is 3. The molecule has 0 fully saturated rings. The van der Waals surface area contributed by atoms with Gasteiger partial charge in [-0.2, -0.15) is 0 Å². The fourth-order valence-electron chi connectivity index (χ4n) is 5.56. The Labute approximate surface area is 268 Å². The van der Waals surface area contributed by atoms with Crippen LogP contribution in [0.3, 0.4) is 0 Å². The van der Waals surface area contributed by atoms with Crippen LogP contribution in [0.5, 0.6) is 5.88 Å². The van der Waals surface area contributed by atoms with Crippen molar-refractivity contribution in [1.29, 1.82) is 0 Å². The van der Waals surface area contributed by atoms with Crippen molar-refractivity contribution < 1.29 is 32.5 Å². The van der Waals surface area contributed by atoms with E-state index < -0.39 is 29.5 Å². The Bertz CT molecular complexity index is 2080. The summed E-state index contributed by atoms with van der Waals surface area (Å²) in [5.41, 5.74) is 3.22. The zero-order chi connectivity index (χ0) is 33.1. The number of ether oxygens (including phenoxy) is 2. The van der Waals surface area contributed by atoms with E-state index in [1.54, 1.807) is 44.4 Å². The average Bonchev–Trinajstić information content (AvgIpc) is 3.42. The Morgan fingerprint density at radius 1 is 0.851 bits per heavy atom. The summed E-state index contributed by atoms with van der Waals surface area (Å²) in [4.78, 5) is 20.9. The first-order valence-corrected chi connectivity index (χ1v) is 14.8. The van der Waals surface area contributed by atoms with Gasteiger partial charge in [-0.15, -0.1) is 0 Å². The molecule has 47 heavy (non-hydrogen) atoms. The van der Waals surface area contributed by atoms with Gasteiger partial charge in [0.25, 0.3) is 0 Å². The molecule has 0 saturated carbocycles. The van der Waals surface area contributed by atoms with E-state index in [-0.39, 0.29) is 47.9 Å². The monoisotopic (exact) mass is 637 g/mol. The Hall–Kier alpha value is -5.48. The normalized spacial score (nSPS) is 11.9. The molecule has 0 unspecified atom stereocenters. The number of pyridine rings is 1. The van der Waals surface area contributed by atoms with Crippen LogP contribution in [0.15, 0.2) is 97.1 Å². The van der Waals surface area contributed by atoms with Crippen LogP contribution in [0.25, 0.3) is 22.3 Å². The largest absolute Gasteiger partial charge is 0.478 e. The summed E-state index contributed by atoms with van der Waals surface area (Å²) < 4.78 is 58.7. The van der Waals surface area contributed by atoms with Crippen LogP contribution in [0.2, 0.25) is 0 Å². The smallest absolute Gasteiger partial charge is 0.335 e. The van der Waals surface area contributed by atoms with Crippen LogP contribution in [-0.4, -0.2) is 39.3 Å². The maximum atomic E-state index is 15.8. The van der Waals surface area contributed by atoms with Crippen molar-refractivity contribution in [2.75, 3.05) is 13.7 Å². The standard InChI is InChI=1S/C37H30F3N3O4/c1-22-11-12-25(28(38)15-22)20-47-36-10-6-9-31(42-36)27-19-29(39)26(16-30(27)40)18-35-41-32-14-13-24(37(44)45)17-33(32)43(35)34(21-46-2)23-7-4-3-5-8-23/h3-17,19,34H,18,20-21H2,1-2H3,(H,44,45)/t34-/m1/s1. The summed E-state index contributed by atoms with van der Waals surface area (Å²) in [6, 6.07) is 25.3. The zero-order valence-electron chi connectivity index (χ0n) is 25.6. The summed E-state index contributed by atoms with van der Waals surface area (Å²) in [7, 11) is 1.56. The number of carboxylic acid groups (broad SMARTS) is 1. The molecule has 0 saturated heterocycles. The Morgan fingerprint density at radius 2 is 1.64 bits per heavy atom. The lowest BCUT2D eigenvalue weighted by molar-refractivity contribution is 0.0697. The average molecular weight is 638 g/mol. The summed E-state index contributed by atoms with van der Waals surface area (Å²) in [5, 5.41) is 9.67. The van der Waals surface area contributed by atoms with Crippen LogP contribution >= 0.6 is 0 Å². The number of aromatic nitrogens is 3. The van der Waals surface area contributed by atoms with Gasteiger partial charge in [0.15, 0.2) is 0 Å². The number of hydrogen-bond acceptors (Lipinski definition) is 5. The maximum absolute atomic E-state index is 15.8. The van der Waals surface area contributed by atoms with E-state index in [1.807, 2.05) is 34.9 Å². The number of benzene rings is 4. The molecule has 1 atom stereocenters. The van der Waals surface area contributed by atoms with Crippen LogP contribution in [0.1, 0.15) is 44.5 Å². The lowest BCUT2D eigenvalue weighted by Crippen LogP contribution is -2.19. The first kappa shape index (κ1) is 31.5. The van der Waals surface area contributed by atoms with Crippen molar-refractivity contribution in [2.45, 2.75) is 26.0 Å². The predicted molar refractivity (Wildman–Crippen MR) is 171 cm³/mol. The fraction of sp³-hybridized carbons (Fsp3) is 0.162. The molecule has 0 aliphatic rings. The number of carbonyl (C=O) groups is 1. The van der Waals surface area contributed by atoms with E-state index in [2.05, 4.69) is 4.98 Å². The summed E-state index contributed by atoms with van der Waals surface area (Å²) >= 11 is 0. The number of hydrogen-bond donors (Lipinski definition) is 1. The van der Waals surface area contributed by atoms with E-state index in [0.717, 1.165) is 23.3 Å². The molecule has 1 N–H and O–H groups in total. The van der Waals surface area contributed by atoms with Crippen molar-refractivity contribution in [1.82, 2.24) is 14.5 Å². The van der Waals surface area contributed by atoms with Gasteiger partial charge < -0.3 is 19.1 Å². The molecule has 6 aromatic rings. The van der Waals surface area contributed by atoms with Crippen molar-refractivity contribution in [2.24, 2.45) is 0 Å². The number of nitrogens with zero attached hydrogens (tertiary/aromatic N) is 3. The maximum Gasteiger partial charge on any atom is 0.335 e. The van der Waals surface area contributed by atoms with E-state index in [4.69, 9.17) is 14.5 Å². The van der Waals surface area contributed by atoms with Gasteiger partial charge in [-0.1, -0.05) is 48.5 Å². The Kier molecular flexibility index (Phi) is 9.03. The molecule has 7 nitrogen and oxygen atoms in total. The number of imidazole rings is 1. The first-order valence-electron chi connectivity index (χ1n) is 14.8. The van der Waals surface area contributed by atoms with Gasteiger partial charge in [-0.05, 0) is 66.1 Å². The van der Waals surface area contributed by atoms with Crippen LogP contribution in [-0.2, 0) is 17.8 Å². The van der Waals surface area contributed by atoms with Gasteiger partial charge in [0.1, 0.15) is 29.9 Å². The lowest BCUT2D eigenvalue weighted by atomic mass is 10.0. The topological polar surface area (TPSA) is 86.5 Å². The van der Waals surface area contributed by atoms with E-state index in [1.165, 1.54) is 24.3 Å². The van der Waals surface area contributed by atoms with E-state index in [0.29, 0.717) is 22.4 Å². The fourth-order valence-corrected chi connectivity index (χ4v) is 5.56. The van der Waals surface area contributed by atoms with Crippen molar-refractivity contribution >= 4 is 17.0 Å². The molecule has 2 heterocycles. The van der Waals surface area contributed by atoms with Crippen LogP contribution < -0.4 is 4.74 Å². The second kappa shape index (κ2) is 13.5. The van der Waals surface area contributed by atoms with Gasteiger partial charge in [0.2, 0.25) is 5.88 Å². The molecular formula is C37H30F3N3O4. The predicted octanol–water partition coefficient (Wildman–Crippen LogP) is 7.93. The molecule has 0 amide bonds. The zero-order valence-corrected chi connectivity index (χ0v) is 25.6. The Morgan fingerprint density at radius 3 is 2.38 bits per heavy atom. The van der Waals surface area contributed by atoms with Crippen molar-refractivity contribution in [3.63, 3.8) is 0 Å². The third-order valence-electron chi connectivity index (χ3n) is 7.90. The van der Waals surface area contributed by atoms with Crippen molar-refractivity contribution in [3.05, 3.63) is 148 Å². The van der Waals surface area contributed by atoms with E-state index in [9.17, 15) is 14.3 Å². The third kappa shape index (κ3) is 6.73. The first-order chi connectivity index (χ1) is 22.7. The number of methoxy groups -OCH3 is 1. The minimum absolute atomic E-state index is 0.0488. The van der Waals surface area contributed by atoms with Gasteiger partial charge in [-0.3, -0.25) is 0 Å². The SMILES string of the molecule is COC[C@H](c1ccccc1)n1c(Cc2cc(F)c(-c3cccc(OCc4ccc(C)cc4F)n3)cc2F)nc2ccc(C(=O)O)cc21. The van der Waals surface area contributed by atoms with Crippen LogP contribution in [0.4, 0.5) is 13.2 Å². The number of fused-ring (bicyclic) bond motifs is 1. The molecule has 0 radical (unpaired) electrons. The number of aryl methyl sites for hydroxylation is 1. The highest BCUT2D eigenvalue weighted by atomic mass is 19.1. The molecule has 4 aromatic carbocycles. The summed E-state index contributed by atoms with van der Waals surface area (Å²) in [6.45, 7) is 1.92. The quantitative estimate of drug-likeness (QED) is 0.155. The number of aromatic carboxylic acids is 1. The second-order valence-corrected chi connectivity index (χ2v) is 11.1. The van der Waals surface area contributed by atoms with Crippen molar-refractivity contribution in [3.8, 4) is 17.1 Å². The van der Waals surface area contributed by atoms with Gasteiger partial charge in [0.05, 0.1) is 34.9 Å². The summed E-state index contributed by atoms with van der Waals surface area (Å²) in [6.07, 6.45) is -0.0914. The molecule has 0 bridgehead atoms. The Balaban J connectivity index is 1.34. The van der Waals surface area contributed by atoms with E-state index >= 15 is 8.78 Å². The minimum Gasteiger partial charge on any atom is -0.478 e. The lowest BCUT2D eigenvalue weighted by Gasteiger charge is -2.22. The van der Waals surface area contributed by atoms with Crippen LogP contribution in [0, 0.1) is 24.4 Å². The molecule has 0 spiro atoms. The number of rotatable bonds is 11. The van der Waals surface area contributed by atoms with Gasteiger partial charge in [-0.25, -0.2) is 27.9 Å². The highest BCUT2D eigenvalue weighted by molar-refractivity contribution is 5.92. The molecule has 0 aliphatic heterocycles. The van der Waals surface area contributed by atoms with Gasteiger partial charge >= 0.3 is 5.97 Å². The third-order valence-corrected chi connectivity index (χ3v) is 7.90. The second-order valence-electron chi connectivity index (χ2n) is 11.1. The molecule has 6 rings (SSSR count). The molecule has 10 heteroatoms. The number of carboxylic acids is 1. The molecule has 238 valence electrons. The highest BCUT2D eigenvalue weighted by Crippen LogP contribution is 2.31. The minimum atomic E-state index is -1.10. The molecule has 2 aromatic heterocycles. The molecule has 0 aliphatic carbocycles. The highest BCUT2D eigenvalue weighted by Gasteiger charge is 2.24.